The Hall–Kier alpha value is -1.87. The van der Waals surface area contributed by atoms with Gasteiger partial charge in [0.15, 0.2) is 9.84 Å². The molecule has 0 bridgehead atoms. The third kappa shape index (κ3) is 3.17. The van der Waals surface area contributed by atoms with E-state index in [1.165, 1.54) is 0 Å². The Morgan fingerprint density at radius 2 is 1.50 bits per heavy atom. The maximum Gasteiger partial charge on any atom is 0.185 e. The average Bonchev–Trinajstić information content (AvgIpc) is 2.49. The molecule has 0 radical (unpaired) electrons. The van der Waals surface area contributed by atoms with Crippen LogP contribution in [0.3, 0.4) is 0 Å². The highest BCUT2D eigenvalue weighted by Gasteiger charge is 2.27. The van der Waals surface area contributed by atoms with E-state index in [1.54, 1.807) is 24.3 Å². The lowest BCUT2D eigenvalue weighted by Gasteiger charge is -2.16. The summed E-state index contributed by atoms with van der Waals surface area (Å²) >= 11 is 0. The number of allylic oxidation sites excluding steroid dienone is 2. The number of hydrogen-bond donors (Lipinski definition) is 0. The summed E-state index contributed by atoms with van der Waals surface area (Å²) in [5.41, 5.74) is 0.828. The van der Waals surface area contributed by atoms with Crippen LogP contribution in [0.25, 0.3) is 0 Å². The molecule has 20 heavy (non-hydrogen) atoms. The lowest BCUT2D eigenvalue weighted by molar-refractivity contribution is 0.582. The van der Waals surface area contributed by atoms with Crippen molar-refractivity contribution in [1.82, 2.24) is 0 Å². The number of rotatable bonds is 5. The average molecular weight is 286 g/mol. The fraction of sp³-hybridized carbons (Fsp3) is 0.176. The van der Waals surface area contributed by atoms with Crippen LogP contribution in [0.15, 0.2) is 77.7 Å². The van der Waals surface area contributed by atoms with Gasteiger partial charge >= 0.3 is 0 Å². The summed E-state index contributed by atoms with van der Waals surface area (Å²) in [6.07, 6.45) is 4.27. The van der Waals surface area contributed by atoms with Gasteiger partial charge in [-0.1, -0.05) is 60.7 Å². The number of benzene rings is 2. The van der Waals surface area contributed by atoms with Crippen molar-refractivity contribution in [3.63, 3.8) is 0 Å². The van der Waals surface area contributed by atoms with E-state index in [9.17, 15) is 8.42 Å². The van der Waals surface area contributed by atoms with Crippen molar-refractivity contribution in [1.29, 1.82) is 0 Å². The first kappa shape index (κ1) is 14.5. The second kappa shape index (κ2) is 6.53. The molecule has 2 nitrogen and oxygen atoms in total. The highest BCUT2D eigenvalue weighted by molar-refractivity contribution is 7.91. The van der Waals surface area contributed by atoms with Crippen LogP contribution in [0, 0.1) is 0 Å². The van der Waals surface area contributed by atoms with Crippen LogP contribution in [-0.4, -0.2) is 8.42 Å². The highest BCUT2D eigenvalue weighted by atomic mass is 32.2. The zero-order valence-electron chi connectivity index (χ0n) is 11.4. The van der Waals surface area contributed by atoms with Crippen LogP contribution < -0.4 is 0 Å². The van der Waals surface area contributed by atoms with Crippen molar-refractivity contribution in [2.24, 2.45) is 0 Å². The predicted octanol–water partition coefficient (Wildman–Crippen LogP) is 4.17. The predicted molar refractivity (Wildman–Crippen MR) is 82.2 cm³/mol. The van der Waals surface area contributed by atoms with E-state index < -0.39 is 15.1 Å². The Kier molecular flexibility index (Phi) is 4.74. The molecular weight excluding hydrogens is 268 g/mol. The first-order valence-corrected chi connectivity index (χ1v) is 8.16. The summed E-state index contributed by atoms with van der Waals surface area (Å²) in [6, 6.07) is 18.0. The van der Waals surface area contributed by atoms with Gasteiger partial charge in [-0.3, -0.25) is 0 Å². The van der Waals surface area contributed by atoms with Gasteiger partial charge in [-0.2, -0.15) is 0 Å². The summed E-state index contributed by atoms with van der Waals surface area (Å²) in [4.78, 5) is 0.373. The van der Waals surface area contributed by atoms with E-state index in [0.29, 0.717) is 11.3 Å². The third-order valence-electron chi connectivity index (χ3n) is 3.20. The molecule has 2 aromatic rings. The first-order chi connectivity index (χ1) is 9.66. The third-order valence-corrected chi connectivity index (χ3v) is 5.35. The van der Waals surface area contributed by atoms with Gasteiger partial charge in [0.05, 0.1) is 10.1 Å². The molecular formula is C17H18O2S. The Labute approximate surface area is 120 Å². The van der Waals surface area contributed by atoms with Crippen LogP contribution in [0.1, 0.15) is 24.2 Å². The van der Waals surface area contributed by atoms with Crippen molar-refractivity contribution in [2.45, 2.75) is 23.5 Å². The lowest BCUT2D eigenvalue weighted by Crippen LogP contribution is -2.13. The molecule has 1 unspecified atom stereocenters. The van der Waals surface area contributed by atoms with Gasteiger partial charge in [-0.05, 0) is 31.0 Å². The monoisotopic (exact) mass is 286 g/mol. The largest absolute Gasteiger partial charge is 0.223 e. The molecule has 0 aliphatic rings. The molecule has 3 heteroatoms. The fourth-order valence-corrected chi connectivity index (χ4v) is 3.89. The Balaban J connectivity index is 2.47. The van der Waals surface area contributed by atoms with E-state index >= 15 is 0 Å². The second-order valence-electron chi connectivity index (χ2n) is 4.56. The lowest BCUT2D eigenvalue weighted by atomic mass is 10.1. The molecule has 2 rings (SSSR count). The minimum atomic E-state index is -3.38. The van der Waals surface area contributed by atoms with Crippen LogP contribution in [0.2, 0.25) is 0 Å². The topological polar surface area (TPSA) is 34.1 Å². The highest BCUT2D eigenvalue weighted by Crippen LogP contribution is 2.31. The van der Waals surface area contributed by atoms with E-state index in [1.807, 2.05) is 55.5 Å². The smallest absolute Gasteiger partial charge is 0.185 e. The zero-order valence-corrected chi connectivity index (χ0v) is 12.3. The molecule has 0 N–H and O–H groups in total. The molecule has 1 atom stereocenters. The van der Waals surface area contributed by atoms with Gasteiger partial charge in [-0.25, -0.2) is 8.42 Å². The summed E-state index contributed by atoms with van der Waals surface area (Å²) in [6.45, 7) is 1.90. The fourth-order valence-electron chi connectivity index (χ4n) is 2.14. The maximum absolute atomic E-state index is 12.8. The molecule has 104 valence electrons. The van der Waals surface area contributed by atoms with Crippen molar-refractivity contribution < 1.29 is 8.42 Å². The van der Waals surface area contributed by atoms with Gasteiger partial charge in [0.1, 0.15) is 0 Å². The quantitative estimate of drug-likeness (QED) is 0.773. The van der Waals surface area contributed by atoms with Crippen molar-refractivity contribution in [3.8, 4) is 0 Å². The molecule has 0 aliphatic carbocycles. The normalized spacial score (nSPS) is 13.4. The van der Waals surface area contributed by atoms with Gasteiger partial charge in [0.25, 0.3) is 0 Å². The van der Waals surface area contributed by atoms with Gasteiger partial charge < -0.3 is 0 Å². The molecule has 0 heterocycles. The Bertz CT molecular complexity index is 659. The van der Waals surface area contributed by atoms with Gasteiger partial charge in [-0.15, -0.1) is 0 Å². The van der Waals surface area contributed by atoms with E-state index in [-0.39, 0.29) is 0 Å². The van der Waals surface area contributed by atoms with Crippen LogP contribution in [0.5, 0.6) is 0 Å². The van der Waals surface area contributed by atoms with Crippen LogP contribution in [0.4, 0.5) is 0 Å². The standard InChI is InChI=1S/C17H18O2S/c1-2-3-14-17(15-10-6-4-7-11-15)20(18,19)16-12-8-5-9-13-16/h2-13,17H,14H2,1H3/b3-2+. The number of sulfone groups is 1. The Morgan fingerprint density at radius 3 is 2.05 bits per heavy atom. The van der Waals surface area contributed by atoms with Crippen molar-refractivity contribution in [3.05, 3.63) is 78.4 Å². The summed E-state index contributed by atoms with van der Waals surface area (Å²) < 4.78 is 25.6. The second-order valence-corrected chi connectivity index (χ2v) is 6.69. The molecule has 0 saturated carbocycles. The molecule has 0 aliphatic heterocycles. The molecule has 2 aromatic carbocycles. The summed E-state index contributed by atoms with van der Waals surface area (Å²) in [5.74, 6) is 0. The number of hydrogen-bond acceptors (Lipinski definition) is 2. The summed E-state index contributed by atoms with van der Waals surface area (Å²) in [5, 5.41) is -0.540. The minimum absolute atomic E-state index is 0.373. The van der Waals surface area contributed by atoms with Gasteiger partial charge in [0.2, 0.25) is 0 Å². The SMILES string of the molecule is C/C=C/CC(c1ccccc1)S(=O)(=O)c1ccccc1. The van der Waals surface area contributed by atoms with Crippen molar-refractivity contribution in [2.75, 3.05) is 0 Å². The van der Waals surface area contributed by atoms with Crippen LogP contribution in [-0.2, 0) is 9.84 Å². The zero-order chi connectivity index (χ0) is 14.4. The van der Waals surface area contributed by atoms with E-state index in [4.69, 9.17) is 0 Å². The maximum atomic E-state index is 12.8. The van der Waals surface area contributed by atoms with Crippen molar-refractivity contribution >= 4 is 9.84 Å². The summed E-state index contributed by atoms with van der Waals surface area (Å²) in [7, 11) is -3.38. The molecule has 0 aromatic heterocycles. The molecule has 0 saturated heterocycles. The molecule has 0 fully saturated rings. The van der Waals surface area contributed by atoms with E-state index in [2.05, 4.69) is 0 Å². The van der Waals surface area contributed by atoms with Crippen LogP contribution >= 0.6 is 0 Å². The van der Waals surface area contributed by atoms with Gasteiger partial charge in [0, 0.05) is 0 Å². The van der Waals surface area contributed by atoms with E-state index in [0.717, 1.165) is 5.56 Å². The first-order valence-electron chi connectivity index (χ1n) is 6.61. The molecule has 0 amide bonds. The Morgan fingerprint density at radius 1 is 0.950 bits per heavy atom. The minimum Gasteiger partial charge on any atom is -0.223 e. The molecule has 0 spiro atoms.